The van der Waals surface area contributed by atoms with Gasteiger partial charge in [-0.3, -0.25) is 9.59 Å². The molecule has 0 bridgehead atoms. The highest BCUT2D eigenvalue weighted by Gasteiger charge is 2.13. The fourth-order valence-corrected chi connectivity index (χ4v) is 1.45. The highest BCUT2D eigenvalue weighted by Crippen LogP contribution is 1.99. The SMILES string of the molecule is CCN(CC)CCCC(NC=O)C(N)=O. The third-order valence-electron chi connectivity index (χ3n) is 2.47. The predicted octanol–water partition coefficient (Wildman–Crippen LogP) is -0.292. The summed E-state index contributed by atoms with van der Waals surface area (Å²) in [6.45, 7) is 7.12. The van der Waals surface area contributed by atoms with Crippen molar-refractivity contribution in [3.05, 3.63) is 0 Å². The smallest absolute Gasteiger partial charge is 0.239 e. The van der Waals surface area contributed by atoms with Gasteiger partial charge < -0.3 is 16.0 Å². The second kappa shape index (κ2) is 8.23. The van der Waals surface area contributed by atoms with Crippen LogP contribution in [-0.4, -0.2) is 42.9 Å². The molecular formula is C10H21N3O2. The lowest BCUT2D eigenvalue weighted by atomic mass is 10.1. The number of amides is 2. The van der Waals surface area contributed by atoms with Gasteiger partial charge in [-0.15, -0.1) is 0 Å². The second-order valence-corrected chi connectivity index (χ2v) is 3.41. The van der Waals surface area contributed by atoms with E-state index < -0.39 is 11.9 Å². The first kappa shape index (κ1) is 13.9. The van der Waals surface area contributed by atoms with E-state index >= 15 is 0 Å². The molecule has 0 fully saturated rings. The zero-order valence-corrected chi connectivity index (χ0v) is 9.53. The van der Waals surface area contributed by atoms with Crippen LogP contribution in [-0.2, 0) is 9.59 Å². The minimum Gasteiger partial charge on any atom is -0.368 e. The third kappa shape index (κ3) is 6.06. The molecule has 0 aromatic heterocycles. The van der Waals surface area contributed by atoms with E-state index in [4.69, 9.17) is 5.73 Å². The number of carbonyl (C=O) groups excluding carboxylic acids is 2. The molecule has 2 amide bonds. The molecule has 1 unspecified atom stereocenters. The zero-order valence-electron chi connectivity index (χ0n) is 9.53. The number of hydrogen-bond acceptors (Lipinski definition) is 3. The monoisotopic (exact) mass is 215 g/mol. The van der Waals surface area contributed by atoms with Crippen molar-refractivity contribution in [1.82, 2.24) is 10.2 Å². The summed E-state index contributed by atoms with van der Waals surface area (Å²) in [4.78, 5) is 23.4. The van der Waals surface area contributed by atoms with Gasteiger partial charge in [-0.25, -0.2) is 0 Å². The Bertz CT molecular complexity index is 193. The van der Waals surface area contributed by atoms with Gasteiger partial charge in [0, 0.05) is 0 Å². The maximum atomic E-state index is 10.9. The van der Waals surface area contributed by atoms with Gasteiger partial charge in [-0.1, -0.05) is 13.8 Å². The Hall–Kier alpha value is -1.10. The summed E-state index contributed by atoms with van der Waals surface area (Å²) >= 11 is 0. The molecule has 0 radical (unpaired) electrons. The Kier molecular flexibility index (Phi) is 7.62. The van der Waals surface area contributed by atoms with Gasteiger partial charge in [0.1, 0.15) is 6.04 Å². The Morgan fingerprint density at radius 1 is 1.47 bits per heavy atom. The zero-order chi connectivity index (χ0) is 11.7. The Labute approximate surface area is 91.0 Å². The molecule has 0 aromatic rings. The molecule has 0 saturated heterocycles. The number of nitrogens with one attached hydrogen (secondary N) is 1. The van der Waals surface area contributed by atoms with Crippen LogP contribution < -0.4 is 11.1 Å². The van der Waals surface area contributed by atoms with Crippen LogP contribution in [0.1, 0.15) is 26.7 Å². The maximum Gasteiger partial charge on any atom is 0.239 e. The van der Waals surface area contributed by atoms with E-state index in [0.29, 0.717) is 12.8 Å². The summed E-state index contributed by atoms with van der Waals surface area (Å²) in [6, 6.07) is -0.530. The van der Waals surface area contributed by atoms with Crippen molar-refractivity contribution in [3.63, 3.8) is 0 Å². The number of primary amides is 1. The lowest BCUT2D eigenvalue weighted by Gasteiger charge is -2.19. The number of carbonyl (C=O) groups is 2. The largest absolute Gasteiger partial charge is 0.368 e. The van der Waals surface area contributed by atoms with E-state index in [0.717, 1.165) is 26.1 Å². The summed E-state index contributed by atoms with van der Waals surface area (Å²) in [5, 5.41) is 2.42. The van der Waals surface area contributed by atoms with E-state index in [9.17, 15) is 9.59 Å². The molecule has 0 aliphatic rings. The van der Waals surface area contributed by atoms with Crippen LogP contribution in [0.25, 0.3) is 0 Å². The predicted molar refractivity (Wildman–Crippen MR) is 59.2 cm³/mol. The molecule has 0 saturated carbocycles. The van der Waals surface area contributed by atoms with Crippen LogP contribution in [0.2, 0.25) is 0 Å². The van der Waals surface area contributed by atoms with Crippen molar-refractivity contribution >= 4 is 12.3 Å². The first-order valence-corrected chi connectivity index (χ1v) is 5.37. The van der Waals surface area contributed by atoms with Crippen LogP contribution >= 0.6 is 0 Å². The van der Waals surface area contributed by atoms with Gasteiger partial charge in [0.2, 0.25) is 12.3 Å². The molecule has 0 heterocycles. The molecule has 88 valence electrons. The fraction of sp³-hybridized carbons (Fsp3) is 0.800. The molecule has 0 spiro atoms. The molecule has 0 aliphatic heterocycles. The van der Waals surface area contributed by atoms with Crippen LogP contribution in [0.3, 0.4) is 0 Å². The molecular weight excluding hydrogens is 194 g/mol. The van der Waals surface area contributed by atoms with Gasteiger partial charge in [-0.05, 0) is 32.5 Å². The first-order valence-electron chi connectivity index (χ1n) is 5.37. The Balaban J connectivity index is 3.79. The molecule has 5 heteroatoms. The van der Waals surface area contributed by atoms with Crippen molar-refractivity contribution in [2.24, 2.45) is 5.73 Å². The lowest BCUT2D eigenvalue weighted by molar-refractivity contribution is -0.122. The second-order valence-electron chi connectivity index (χ2n) is 3.41. The average molecular weight is 215 g/mol. The Morgan fingerprint density at radius 2 is 2.07 bits per heavy atom. The standard InChI is InChI=1S/C10H21N3O2/c1-3-13(4-2)7-5-6-9(10(11)15)12-8-14/h8-9H,3-7H2,1-2H3,(H2,11,15)(H,12,14). The van der Waals surface area contributed by atoms with Gasteiger partial charge in [0.25, 0.3) is 0 Å². The van der Waals surface area contributed by atoms with E-state index in [1.807, 2.05) is 0 Å². The molecule has 0 rings (SSSR count). The van der Waals surface area contributed by atoms with Crippen LogP contribution in [0.5, 0.6) is 0 Å². The average Bonchev–Trinajstić information content (AvgIpc) is 2.22. The topological polar surface area (TPSA) is 75.4 Å². The third-order valence-corrected chi connectivity index (χ3v) is 2.47. The molecule has 0 aromatic carbocycles. The van der Waals surface area contributed by atoms with Crippen LogP contribution in [0.4, 0.5) is 0 Å². The van der Waals surface area contributed by atoms with Gasteiger partial charge >= 0.3 is 0 Å². The van der Waals surface area contributed by atoms with Crippen molar-refractivity contribution in [2.45, 2.75) is 32.7 Å². The van der Waals surface area contributed by atoms with Crippen molar-refractivity contribution in [1.29, 1.82) is 0 Å². The van der Waals surface area contributed by atoms with E-state index in [1.54, 1.807) is 0 Å². The van der Waals surface area contributed by atoms with Gasteiger partial charge in [0.05, 0.1) is 0 Å². The van der Waals surface area contributed by atoms with Gasteiger partial charge in [-0.2, -0.15) is 0 Å². The van der Waals surface area contributed by atoms with Crippen molar-refractivity contribution in [2.75, 3.05) is 19.6 Å². The quantitative estimate of drug-likeness (QED) is 0.519. The maximum absolute atomic E-state index is 10.9. The summed E-state index contributed by atoms with van der Waals surface area (Å²) in [6.07, 6.45) is 1.98. The van der Waals surface area contributed by atoms with E-state index in [-0.39, 0.29) is 0 Å². The van der Waals surface area contributed by atoms with E-state index in [1.165, 1.54) is 0 Å². The summed E-state index contributed by atoms with van der Waals surface area (Å²) in [5.41, 5.74) is 5.13. The lowest BCUT2D eigenvalue weighted by Crippen LogP contribution is -2.41. The first-order chi connectivity index (χ1) is 7.15. The highest BCUT2D eigenvalue weighted by atomic mass is 16.2. The Morgan fingerprint density at radius 3 is 2.47 bits per heavy atom. The van der Waals surface area contributed by atoms with Gasteiger partial charge in [0.15, 0.2) is 0 Å². The minimum absolute atomic E-state index is 0.471. The normalized spacial score (nSPS) is 12.5. The number of rotatable bonds is 9. The summed E-state index contributed by atoms with van der Waals surface area (Å²) in [5.74, 6) is -0.471. The van der Waals surface area contributed by atoms with Crippen molar-refractivity contribution < 1.29 is 9.59 Å². The summed E-state index contributed by atoms with van der Waals surface area (Å²) in [7, 11) is 0. The minimum atomic E-state index is -0.530. The van der Waals surface area contributed by atoms with Crippen LogP contribution in [0, 0.1) is 0 Å². The van der Waals surface area contributed by atoms with Crippen LogP contribution in [0.15, 0.2) is 0 Å². The molecule has 1 atom stereocenters. The number of hydrogen-bond donors (Lipinski definition) is 2. The highest BCUT2D eigenvalue weighted by molar-refractivity contribution is 5.81. The van der Waals surface area contributed by atoms with E-state index in [2.05, 4.69) is 24.1 Å². The molecule has 5 nitrogen and oxygen atoms in total. The molecule has 3 N–H and O–H groups in total. The molecule has 0 aliphatic carbocycles. The van der Waals surface area contributed by atoms with Crippen molar-refractivity contribution in [3.8, 4) is 0 Å². The fourth-order valence-electron chi connectivity index (χ4n) is 1.45. The molecule has 15 heavy (non-hydrogen) atoms. The number of nitrogens with two attached hydrogens (primary N) is 1. The number of nitrogens with zero attached hydrogens (tertiary/aromatic N) is 1. The summed E-state index contributed by atoms with van der Waals surface area (Å²) < 4.78 is 0.